The fourth-order valence-corrected chi connectivity index (χ4v) is 1.10. The second kappa shape index (κ2) is 6.80. The van der Waals surface area contributed by atoms with Gasteiger partial charge in [-0.3, -0.25) is 9.63 Å². The Morgan fingerprint density at radius 1 is 1.47 bits per heavy atom. The highest BCUT2D eigenvalue weighted by Gasteiger charge is 2.09. The molecule has 0 aliphatic carbocycles. The van der Waals surface area contributed by atoms with Gasteiger partial charge in [-0.05, 0) is 12.0 Å². The first-order chi connectivity index (χ1) is 8.09. The van der Waals surface area contributed by atoms with E-state index in [0.29, 0.717) is 18.5 Å². The SMILES string of the molecule is CC(C)CONC(=O)CN(C)c1ncccn1. The average Bonchev–Trinajstić information content (AvgIpc) is 2.29. The number of nitrogens with one attached hydrogen (secondary N) is 1. The minimum atomic E-state index is -0.222. The molecular weight excluding hydrogens is 220 g/mol. The van der Waals surface area contributed by atoms with E-state index in [2.05, 4.69) is 15.4 Å². The predicted molar refractivity (Wildman–Crippen MR) is 64.2 cm³/mol. The first-order valence-electron chi connectivity index (χ1n) is 5.48. The minimum absolute atomic E-state index is 0.155. The largest absolute Gasteiger partial charge is 0.334 e. The van der Waals surface area contributed by atoms with Gasteiger partial charge in [-0.1, -0.05) is 13.8 Å². The van der Waals surface area contributed by atoms with Crippen LogP contribution in [0.3, 0.4) is 0 Å². The molecule has 6 nitrogen and oxygen atoms in total. The Morgan fingerprint density at radius 2 is 2.12 bits per heavy atom. The lowest BCUT2D eigenvalue weighted by Crippen LogP contribution is -2.36. The van der Waals surface area contributed by atoms with Gasteiger partial charge in [0.15, 0.2) is 0 Å². The number of amides is 1. The van der Waals surface area contributed by atoms with Crippen LogP contribution in [0.4, 0.5) is 5.95 Å². The van der Waals surface area contributed by atoms with Gasteiger partial charge >= 0.3 is 0 Å². The fourth-order valence-electron chi connectivity index (χ4n) is 1.10. The second-order valence-corrected chi connectivity index (χ2v) is 4.13. The molecule has 0 bridgehead atoms. The molecule has 0 unspecified atom stereocenters. The van der Waals surface area contributed by atoms with Crippen molar-refractivity contribution in [3.8, 4) is 0 Å². The van der Waals surface area contributed by atoms with Crippen molar-refractivity contribution in [2.75, 3.05) is 25.1 Å². The Morgan fingerprint density at radius 3 is 2.71 bits per heavy atom. The number of carbonyl (C=O) groups excluding carboxylic acids is 1. The van der Waals surface area contributed by atoms with E-state index in [1.807, 2.05) is 13.8 Å². The first-order valence-corrected chi connectivity index (χ1v) is 5.48. The molecule has 0 radical (unpaired) electrons. The maximum absolute atomic E-state index is 11.5. The van der Waals surface area contributed by atoms with Crippen molar-refractivity contribution in [1.82, 2.24) is 15.4 Å². The van der Waals surface area contributed by atoms with E-state index in [-0.39, 0.29) is 12.5 Å². The topological polar surface area (TPSA) is 67.3 Å². The molecule has 1 amide bonds. The molecule has 0 aliphatic heterocycles. The van der Waals surface area contributed by atoms with Crippen molar-refractivity contribution in [3.05, 3.63) is 18.5 Å². The Bertz CT molecular complexity index is 343. The number of rotatable bonds is 6. The lowest BCUT2D eigenvalue weighted by atomic mass is 10.2. The maximum Gasteiger partial charge on any atom is 0.263 e. The normalized spacial score (nSPS) is 10.4. The molecular formula is C11H18N4O2. The molecule has 94 valence electrons. The number of hydrogen-bond acceptors (Lipinski definition) is 5. The number of anilines is 1. The van der Waals surface area contributed by atoms with Gasteiger partial charge in [0.25, 0.3) is 5.91 Å². The van der Waals surface area contributed by atoms with E-state index in [1.165, 1.54) is 0 Å². The predicted octanol–water partition coefficient (Wildman–Crippen LogP) is 0.617. The summed E-state index contributed by atoms with van der Waals surface area (Å²) in [6, 6.07) is 1.73. The highest BCUT2D eigenvalue weighted by molar-refractivity contribution is 5.79. The van der Waals surface area contributed by atoms with Crippen LogP contribution in [0.1, 0.15) is 13.8 Å². The van der Waals surface area contributed by atoms with E-state index in [4.69, 9.17) is 4.84 Å². The summed E-state index contributed by atoms with van der Waals surface area (Å²) in [5, 5.41) is 0. The first kappa shape index (κ1) is 13.4. The minimum Gasteiger partial charge on any atom is -0.334 e. The molecule has 0 spiro atoms. The molecule has 0 saturated heterocycles. The molecule has 1 heterocycles. The summed E-state index contributed by atoms with van der Waals surface area (Å²) in [5.74, 6) is 0.664. The molecule has 0 aromatic carbocycles. The van der Waals surface area contributed by atoms with E-state index in [1.54, 1.807) is 30.4 Å². The number of carbonyl (C=O) groups is 1. The smallest absolute Gasteiger partial charge is 0.263 e. The van der Waals surface area contributed by atoms with Crippen LogP contribution in [0.15, 0.2) is 18.5 Å². The van der Waals surface area contributed by atoms with Gasteiger partial charge in [-0.25, -0.2) is 15.4 Å². The Balaban J connectivity index is 2.31. The molecule has 1 N–H and O–H groups in total. The number of aromatic nitrogens is 2. The van der Waals surface area contributed by atoms with Gasteiger partial charge in [0.1, 0.15) is 6.54 Å². The number of likely N-dealkylation sites (N-methyl/N-ethyl adjacent to an activating group) is 1. The van der Waals surface area contributed by atoms with Crippen LogP contribution in [-0.2, 0) is 9.63 Å². The zero-order valence-electron chi connectivity index (χ0n) is 10.4. The molecule has 6 heteroatoms. The number of hydroxylamine groups is 1. The third-order valence-corrected chi connectivity index (χ3v) is 1.88. The third kappa shape index (κ3) is 5.26. The summed E-state index contributed by atoms with van der Waals surface area (Å²) in [6.07, 6.45) is 3.26. The quantitative estimate of drug-likeness (QED) is 0.736. The fraction of sp³-hybridized carbons (Fsp3) is 0.545. The van der Waals surface area contributed by atoms with Gasteiger partial charge in [0.2, 0.25) is 5.95 Å². The van der Waals surface area contributed by atoms with Crippen molar-refractivity contribution in [2.45, 2.75) is 13.8 Å². The van der Waals surface area contributed by atoms with Crippen LogP contribution < -0.4 is 10.4 Å². The summed E-state index contributed by atoms with van der Waals surface area (Å²) in [7, 11) is 1.75. The van der Waals surface area contributed by atoms with E-state index in [0.717, 1.165) is 0 Å². The molecule has 0 saturated carbocycles. The summed E-state index contributed by atoms with van der Waals surface area (Å²) >= 11 is 0. The highest BCUT2D eigenvalue weighted by Crippen LogP contribution is 2.00. The van der Waals surface area contributed by atoms with Gasteiger partial charge in [-0.15, -0.1) is 0 Å². The van der Waals surface area contributed by atoms with Crippen LogP contribution in [-0.4, -0.2) is 36.1 Å². The molecule has 17 heavy (non-hydrogen) atoms. The number of nitrogens with zero attached hydrogens (tertiary/aromatic N) is 3. The monoisotopic (exact) mass is 238 g/mol. The Kier molecular flexibility index (Phi) is 5.35. The van der Waals surface area contributed by atoms with Gasteiger partial charge in [0, 0.05) is 19.4 Å². The van der Waals surface area contributed by atoms with Crippen molar-refractivity contribution >= 4 is 11.9 Å². The van der Waals surface area contributed by atoms with E-state index >= 15 is 0 Å². The van der Waals surface area contributed by atoms with Crippen LogP contribution in [0.5, 0.6) is 0 Å². The van der Waals surface area contributed by atoms with Crippen LogP contribution in [0.25, 0.3) is 0 Å². The molecule has 1 aromatic heterocycles. The molecule has 1 rings (SSSR count). The number of hydrogen-bond donors (Lipinski definition) is 1. The Labute approximate surface area is 101 Å². The van der Waals surface area contributed by atoms with Crippen LogP contribution >= 0.6 is 0 Å². The average molecular weight is 238 g/mol. The molecule has 0 atom stereocenters. The van der Waals surface area contributed by atoms with Crippen LogP contribution in [0.2, 0.25) is 0 Å². The van der Waals surface area contributed by atoms with E-state index in [9.17, 15) is 4.79 Å². The molecule has 0 aliphatic rings. The summed E-state index contributed by atoms with van der Waals surface area (Å²) < 4.78 is 0. The summed E-state index contributed by atoms with van der Waals surface area (Å²) in [4.78, 5) is 26.2. The summed E-state index contributed by atoms with van der Waals surface area (Å²) in [6.45, 7) is 4.67. The van der Waals surface area contributed by atoms with Crippen LogP contribution in [0, 0.1) is 5.92 Å². The lowest BCUT2D eigenvalue weighted by molar-refractivity contribution is -0.132. The third-order valence-electron chi connectivity index (χ3n) is 1.88. The highest BCUT2D eigenvalue weighted by atomic mass is 16.6. The zero-order chi connectivity index (χ0) is 12.7. The van der Waals surface area contributed by atoms with Crippen molar-refractivity contribution in [3.63, 3.8) is 0 Å². The van der Waals surface area contributed by atoms with E-state index < -0.39 is 0 Å². The lowest BCUT2D eigenvalue weighted by Gasteiger charge is -2.16. The maximum atomic E-state index is 11.5. The molecule has 1 aromatic rings. The Hall–Kier alpha value is -1.69. The van der Waals surface area contributed by atoms with Crippen molar-refractivity contribution < 1.29 is 9.63 Å². The van der Waals surface area contributed by atoms with Gasteiger partial charge in [-0.2, -0.15) is 0 Å². The zero-order valence-corrected chi connectivity index (χ0v) is 10.4. The standard InChI is InChI=1S/C11H18N4O2/c1-9(2)8-17-14-10(16)7-15(3)11-12-5-4-6-13-11/h4-6,9H,7-8H2,1-3H3,(H,14,16). The van der Waals surface area contributed by atoms with Gasteiger partial charge in [0.05, 0.1) is 6.61 Å². The summed E-state index contributed by atoms with van der Waals surface area (Å²) in [5.41, 5.74) is 2.38. The van der Waals surface area contributed by atoms with Crippen molar-refractivity contribution in [1.29, 1.82) is 0 Å². The van der Waals surface area contributed by atoms with Crippen molar-refractivity contribution in [2.24, 2.45) is 5.92 Å². The van der Waals surface area contributed by atoms with Gasteiger partial charge < -0.3 is 4.90 Å². The second-order valence-electron chi connectivity index (χ2n) is 4.13. The molecule has 0 fully saturated rings.